The molecule has 0 unspecified atom stereocenters. The highest BCUT2D eigenvalue weighted by Crippen LogP contribution is 2.19. The van der Waals surface area contributed by atoms with E-state index in [2.05, 4.69) is 45.7 Å². The first-order valence-electron chi connectivity index (χ1n) is 9.34. The zero-order valence-electron chi connectivity index (χ0n) is 15.9. The lowest BCUT2D eigenvalue weighted by Crippen LogP contribution is -2.47. The van der Waals surface area contributed by atoms with E-state index in [-0.39, 0.29) is 16.5 Å². The van der Waals surface area contributed by atoms with Crippen LogP contribution in [-0.4, -0.2) is 52.6 Å². The molecule has 0 radical (unpaired) electrons. The zero-order valence-corrected chi connectivity index (χ0v) is 17.4. The van der Waals surface area contributed by atoms with Gasteiger partial charge in [-0.15, -0.1) is 0 Å². The molecule has 1 aliphatic rings. The molecule has 1 heterocycles. The molecule has 152 valence electrons. The van der Waals surface area contributed by atoms with Crippen LogP contribution in [0.5, 0.6) is 0 Å². The highest BCUT2D eigenvalue weighted by atomic mass is 35.5. The van der Waals surface area contributed by atoms with Crippen LogP contribution >= 0.6 is 11.6 Å². The Morgan fingerprint density at radius 1 is 1.11 bits per heavy atom. The molecule has 0 spiro atoms. The molecule has 1 saturated heterocycles. The van der Waals surface area contributed by atoms with E-state index in [1.165, 1.54) is 23.4 Å². The van der Waals surface area contributed by atoms with Crippen LogP contribution in [-0.2, 0) is 10.0 Å². The van der Waals surface area contributed by atoms with Gasteiger partial charge in [0.1, 0.15) is 10.7 Å². The van der Waals surface area contributed by atoms with E-state index >= 15 is 0 Å². The number of hydrogen-bond acceptors (Lipinski definition) is 4. The van der Waals surface area contributed by atoms with Crippen molar-refractivity contribution in [3.8, 4) is 0 Å². The van der Waals surface area contributed by atoms with Crippen LogP contribution in [0.15, 0.2) is 47.4 Å². The first-order valence-corrected chi connectivity index (χ1v) is 11.2. The molecule has 5 nitrogen and oxygen atoms in total. The molecule has 0 aromatic heterocycles. The van der Waals surface area contributed by atoms with Gasteiger partial charge >= 0.3 is 0 Å². The summed E-state index contributed by atoms with van der Waals surface area (Å²) in [5.41, 5.74) is 2.50. The maximum Gasteiger partial charge on any atom is 0.243 e. The summed E-state index contributed by atoms with van der Waals surface area (Å²) in [6.45, 7) is 6.93. The smallest absolute Gasteiger partial charge is 0.243 e. The number of benzene rings is 2. The molecule has 2 aromatic carbocycles. The van der Waals surface area contributed by atoms with Crippen LogP contribution in [0.25, 0.3) is 0 Å². The Labute approximate surface area is 171 Å². The molecule has 3 rings (SSSR count). The Balaban J connectivity index is 1.42. The third-order valence-electron chi connectivity index (χ3n) is 4.87. The lowest BCUT2D eigenvalue weighted by Gasteiger charge is -2.36. The number of anilines is 1. The third-order valence-corrected chi connectivity index (χ3v) is 6.60. The van der Waals surface area contributed by atoms with Crippen molar-refractivity contribution in [2.75, 3.05) is 44.2 Å². The molecule has 0 saturated carbocycles. The van der Waals surface area contributed by atoms with Crippen molar-refractivity contribution in [1.82, 2.24) is 9.62 Å². The van der Waals surface area contributed by atoms with Gasteiger partial charge in [-0.25, -0.2) is 17.5 Å². The summed E-state index contributed by atoms with van der Waals surface area (Å²) in [7, 11) is -3.87. The highest BCUT2D eigenvalue weighted by Gasteiger charge is 2.20. The second kappa shape index (κ2) is 9.22. The Morgan fingerprint density at radius 3 is 2.54 bits per heavy atom. The largest absolute Gasteiger partial charge is 0.369 e. The van der Waals surface area contributed by atoms with Crippen molar-refractivity contribution in [3.63, 3.8) is 0 Å². The minimum Gasteiger partial charge on any atom is -0.369 e. The van der Waals surface area contributed by atoms with Gasteiger partial charge in [-0.05, 0) is 55.8 Å². The second-order valence-corrected chi connectivity index (χ2v) is 9.17. The van der Waals surface area contributed by atoms with Crippen LogP contribution in [0.2, 0.25) is 5.02 Å². The fourth-order valence-electron chi connectivity index (χ4n) is 3.33. The zero-order chi connectivity index (χ0) is 20.1. The standard InChI is InChI=1S/C20H25ClFN3O2S/c1-16-4-2-5-18(14-16)25-12-10-24(11-13-25)9-3-8-23-28(26,27)20-7-6-17(21)15-19(20)22/h2,4-7,14-15,23H,3,8-13H2,1H3. The molecule has 1 fully saturated rings. The molecule has 0 aliphatic carbocycles. The van der Waals surface area contributed by atoms with Gasteiger partial charge in [0.05, 0.1) is 0 Å². The van der Waals surface area contributed by atoms with E-state index in [4.69, 9.17) is 11.6 Å². The third kappa shape index (κ3) is 5.44. The van der Waals surface area contributed by atoms with E-state index in [1.54, 1.807) is 0 Å². The predicted octanol–water partition coefficient (Wildman–Crippen LogP) is 3.28. The molecule has 0 atom stereocenters. The summed E-state index contributed by atoms with van der Waals surface area (Å²) in [6.07, 6.45) is 0.666. The number of nitrogens with zero attached hydrogens (tertiary/aromatic N) is 2. The first-order chi connectivity index (χ1) is 13.3. The Hall–Kier alpha value is -1.67. The minimum absolute atomic E-state index is 0.168. The quantitative estimate of drug-likeness (QED) is 0.692. The Morgan fingerprint density at radius 2 is 1.86 bits per heavy atom. The first kappa shape index (κ1) is 21.0. The van der Waals surface area contributed by atoms with E-state index in [1.807, 2.05) is 0 Å². The Bertz CT molecular complexity index is 915. The van der Waals surface area contributed by atoms with E-state index in [9.17, 15) is 12.8 Å². The van der Waals surface area contributed by atoms with Crippen molar-refractivity contribution in [2.24, 2.45) is 0 Å². The number of rotatable bonds is 7. The number of piperazine rings is 1. The lowest BCUT2D eigenvalue weighted by atomic mass is 10.2. The SMILES string of the molecule is Cc1cccc(N2CCN(CCCNS(=O)(=O)c3ccc(Cl)cc3F)CC2)c1. The van der Waals surface area contributed by atoms with Crippen LogP contribution in [0, 0.1) is 12.7 Å². The monoisotopic (exact) mass is 425 g/mol. The average Bonchev–Trinajstić information content (AvgIpc) is 2.65. The topological polar surface area (TPSA) is 52.6 Å². The van der Waals surface area contributed by atoms with Gasteiger partial charge in [-0.1, -0.05) is 23.7 Å². The van der Waals surface area contributed by atoms with Crippen molar-refractivity contribution in [3.05, 3.63) is 58.9 Å². The number of halogens is 2. The molecule has 0 amide bonds. The number of sulfonamides is 1. The summed E-state index contributed by atoms with van der Waals surface area (Å²) in [4.78, 5) is 4.32. The van der Waals surface area contributed by atoms with Crippen molar-refractivity contribution >= 4 is 27.3 Å². The van der Waals surface area contributed by atoms with Gasteiger partial charge in [-0.3, -0.25) is 4.90 Å². The van der Waals surface area contributed by atoms with Crippen molar-refractivity contribution < 1.29 is 12.8 Å². The van der Waals surface area contributed by atoms with Crippen LogP contribution < -0.4 is 9.62 Å². The van der Waals surface area contributed by atoms with Crippen LogP contribution in [0.4, 0.5) is 10.1 Å². The van der Waals surface area contributed by atoms with Gasteiger partial charge in [0.15, 0.2) is 0 Å². The number of hydrogen-bond donors (Lipinski definition) is 1. The summed E-state index contributed by atoms with van der Waals surface area (Å²) >= 11 is 5.67. The molecular formula is C20H25ClFN3O2S. The number of nitrogens with one attached hydrogen (secondary N) is 1. The summed E-state index contributed by atoms with van der Waals surface area (Å²) < 4.78 is 40.8. The summed E-state index contributed by atoms with van der Waals surface area (Å²) in [5.74, 6) is -0.840. The fraction of sp³-hybridized carbons (Fsp3) is 0.400. The van der Waals surface area contributed by atoms with Crippen molar-refractivity contribution in [1.29, 1.82) is 0 Å². The predicted molar refractivity (Wildman–Crippen MR) is 111 cm³/mol. The van der Waals surface area contributed by atoms with Gasteiger partial charge in [-0.2, -0.15) is 0 Å². The van der Waals surface area contributed by atoms with Gasteiger partial charge < -0.3 is 4.90 Å². The average molecular weight is 426 g/mol. The highest BCUT2D eigenvalue weighted by molar-refractivity contribution is 7.89. The van der Waals surface area contributed by atoms with Gasteiger partial charge in [0.2, 0.25) is 10.0 Å². The molecule has 28 heavy (non-hydrogen) atoms. The Kier molecular flexibility index (Phi) is 6.93. The van der Waals surface area contributed by atoms with Crippen LogP contribution in [0.3, 0.4) is 0 Å². The van der Waals surface area contributed by atoms with Crippen molar-refractivity contribution in [2.45, 2.75) is 18.2 Å². The van der Waals surface area contributed by atoms with Crippen LogP contribution in [0.1, 0.15) is 12.0 Å². The van der Waals surface area contributed by atoms with Gasteiger partial charge in [0.25, 0.3) is 0 Å². The molecule has 1 N–H and O–H groups in total. The molecule has 8 heteroatoms. The van der Waals surface area contributed by atoms with E-state index < -0.39 is 15.8 Å². The molecule has 1 aliphatic heterocycles. The summed E-state index contributed by atoms with van der Waals surface area (Å²) in [6, 6.07) is 12.1. The van der Waals surface area contributed by atoms with E-state index in [0.717, 1.165) is 38.8 Å². The second-order valence-electron chi connectivity index (χ2n) is 6.99. The number of aryl methyl sites for hydroxylation is 1. The maximum atomic E-state index is 13.8. The molecular weight excluding hydrogens is 401 g/mol. The summed E-state index contributed by atoms with van der Waals surface area (Å²) in [5, 5.41) is 0.168. The normalized spacial score (nSPS) is 15.8. The van der Waals surface area contributed by atoms with Gasteiger partial charge in [0, 0.05) is 43.4 Å². The van der Waals surface area contributed by atoms with E-state index in [0.29, 0.717) is 6.42 Å². The lowest BCUT2D eigenvalue weighted by molar-refractivity contribution is 0.255. The maximum absolute atomic E-state index is 13.8. The fourth-order valence-corrected chi connectivity index (χ4v) is 4.62. The molecule has 2 aromatic rings. The minimum atomic E-state index is -3.87. The molecule has 0 bridgehead atoms.